The first-order valence-electron chi connectivity index (χ1n) is 6.61. The average molecular weight is 226 g/mol. The molecule has 0 aromatic heterocycles. The van der Waals surface area contributed by atoms with E-state index in [1.165, 1.54) is 19.5 Å². The number of piperidine rings is 1. The SMILES string of the molecule is CC1CN(C2CCOC(C)(C)C2)CCC1N. The van der Waals surface area contributed by atoms with Crippen LogP contribution in [0.25, 0.3) is 0 Å². The zero-order valence-corrected chi connectivity index (χ0v) is 10.9. The van der Waals surface area contributed by atoms with Crippen LogP contribution in [-0.4, -0.2) is 42.3 Å². The van der Waals surface area contributed by atoms with Gasteiger partial charge in [0.25, 0.3) is 0 Å². The Morgan fingerprint density at radius 2 is 2.06 bits per heavy atom. The highest BCUT2D eigenvalue weighted by Crippen LogP contribution is 2.29. The number of nitrogens with zero attached hydrogens (tertiary/aromatic N) is 1. The maximum atomic E-state index is 6.07. The molecule has 2 aliphatic rings. The molecule has 0 radical (unpaired) electrons. The zero-order chi connectivity index (χ0) is 11.8. The highest BCUT2D eigenvalue weighted by Gasteiger charge is 2.34. The number of rotatable bonds is 1. The van der Waals surface area contributed by atoms with E-state index in [2.05, 4.69) is 25.7 Å². The quantitative estimate of drug-likeness (QED) is 0.738. The van der Waals surface area contributed by atoms with Crippen molar-refractivity contribution in [2.24, 2.45) is 11.7 Å². The minimum absolute atomic E-state index is 0.0612. The van der Waals surface area contributed by atoms with Gasteiger partial charge in [-0.05, 0) is 45.6 Å². The van der Waals surface area contributed by atoms with Crippen LogP contribution in [0.2, 0.25) is 0 Å². The number of nitrogens with two attached hydrogens (primary N) is 1. The van der Waals surface area contributed by atoms with Gasteiger partial charge in [0.2, 0.25) is 0 Å². The van der Waals surface area contributed by atoms with E-state index in [4.69, 9.17) is 10.5 Å². The maximum Gasteiger partial charge on any atom is 0.0641 e. The van der Waals surface area contributed by atoms with Crippen molar-refractivity contribution in [3.8, 4) is 0 Å². The van der Waals surface area contributed by atoms with Gasteiger partial charge in [0, 0.05) is 25.2 Å². The van der Waals surface area contributed by atoms with E-state index in [0.717, 1.165) is 19.4 Å². The Morgan fingerprint density at radius 3 is 2.69 bits per heavy atom. The Morgan fingerprint density at radius 1 is 1.31 bits per heavy atom. The summed E-state index contributed by atoms with van der Waals surface area (Å²) >= 11 is 0. The molecule has 16 heavy (non-hydrogen) atoms. The van der Waals surface area contributed by atoms with Crippen molar-refractivity contribution in [2.75, 3.05) is 19.7 Å². The Kier molecular flexibility index (Phi) is 3.57. The molecule has 94 valence electrons. The molecular weight excluding hydrogens is 200 g/mol. The van der Waals surface area contributed by atoms with Gasteiger partial charge in [-0.25, -0.2) is 0 Å². The highest BCUT2D eigenvalue weighted by atomic mass is 16.5. The molecule has 0 aromatic rings. The summed E-state index contributed by atoms with van der Waals surface area (Å²) < 4.78 is 5.78. The topological polar surface area (TPSA) is 38.5 Å². The second-order valence-electron chi connectivity index (χ2n) is 6.18. The fourth-order valence-electron chi connectivity index (χ4n) is 3.04. The van der Waals surface area contributed by atoms with Crippen LogP contribution in [0.3, 0.4) is 0 Å². The third-order valence-corrected chi connectivity index (χ3v) is 4.19. The average Bonchev–Trinajstić information content (AvgIpc) is 2.20. The van der Waals surface area contributed by atoms with Crippen molar-refractivity contribution in [3.05, 3.63) is 0 Å². The van der Waals surface area contributed by atoms with E-state index in [-0.39, 0.29) is 5.60 Å². The van der Waals surface area contributed by atoms with Crippen molar-refractivity contribution in [3.63, 3.8) is 0 Å². The molecule has 2 saturated heterocycles. The summed E-state index contributed by atoms with van der Waals surface area (Å²) in [4.78, 5) is 2.64. The van der Waals surface area contributed by atoms with Crippen LogP contribution in [0.15, 0.2) is 0 Å². The lowest BCUT2D eigenvalue weighted by atomic mass is 9.88. The van der Waals surface area contributed by atoms with Gasteiger partial charge in [-0.1, -0.05) is 6.92 Å². The van der Waals surface area contributed by atoms with Crippen molar-refractivity contribution >= 4 is 0 Å². The lowest BCUT2D eigenvalue weighted by Gasteiger charge is -2.45. The molecule has 3 nitrogen and oxygen atoms in total. The van der Waals surface area contributed by atoms with Crippen molar-refractivity contribution in [1.29, 1.82) is 0 Å². The number of hydrogen-bond acceptors (Lipinski definition) is 3. The van der Waals surface area contributed by atoms with E-state index in [0.29, 0.717) is 18.0 Å². The van der Waals surface area contributed by atoms with Crippen molar-refractivity contribution < 1.29 is 4.74 Å². The summed E-state index contributed by atoms with van der Waals surface area (Å²) in [5.74, 6) is 0.639. The second-order valence-corrected chi connectivity index (χ2v) is 6.18. The molecule has 0 bridgehead atoms. The Labute approximate surface area is 99.3 Å². The van der Waals surface area contributed by atoms with Crippen molar-refractivity contribution in [2.45, 2.75) is 57.7 Å². The summed E-state index contributed by atoms with van der Waals surface area (Å²) in [6, 6.07) is 1.11. The molecule has 2 heterocycles. The minimum Gasteiger partial charge on any atom is -0.375 e. The van der Waals surface area contributed by atoms with Crippen LogP contribution < -0.4 is 5.73 Å². The Hall–Kier alpha value is -0.120. The van der Waals surface area contributed by atoms with E-state index in [1.54, 1.807) is 0 Å². The van der Waals surface area contributed by atoms with Gasteiger partial charge in [-0.3, -0.25) is 4.90 Å². The molecule has 3 atom stereocenters. The Bertz CT molecular complexity index is 242. The smallest absolute Gasteiger partial charge is 0.0641 e. The third-order valence-electron chi connectivity index (χ3n) is 4.19. The van der Waals surface area contributed by atoms with E-state index < -0.39 is 0 Å². The summed E-state index contributed by atoms with van der Waals surface area (Å²) in [6.07, 6.45) is 3.50. The van der Waals surface area contributed by atoms with Gasteiger partial charge in [0.15, 0.2) is 0 Å². The lowest BCUT2D eigenvalue weighted by Crippen LogP contribution is -2.53. The van der Waals surface area contributed by atoms with E-state index in [9.17, 15) is 0 Å². The highest BCUT2D eigenvalue weighted by molar-refractivity contribution is 4.89. The molecule has 2 rings (SSSR count). The Balaban J connectivity index is 1.92. The van der Waals surface area contributed by atoms with Gasteiger partial charge in [-0.15, -0.1) is 0 Å². The molecule has 3 unspecified atom stereocenters. The van der Waals surface area contributed by atoms with Crippen LogP contribution in [0, 0.1) is 5.92 Å². The molecular formula is C13H26N2O. The summed E-state index contributed by atoms with van der Waals surface area (Å²) in [5.41, 5.74) is 6.13. The van der Waals surface area contributed by atoms with Gasteiger partial charge in [0.1, 0.15) is 0 Å². The first-order chi connectivity index (χ1) is 7.48. The molecule has 2 aliphatic heterocycles. The molecule has 2 fully saturated rings. The van der Waals surface area contributed by atoms with Crippen LogP contribution in [0.1, 0.15) is 40.0 Å². The van der Waals surface area contributed by atoms with E-state index >= 15 is 0 Å². The first-order valence-corrected chi connectivity index (χ1v) is 6.61. The van der Waals surface area contributed by atoms with Gasteiger partial charge in [-0.2, -0.15) is 0 Å². The summed E-state index contributed by atoms with van der Waals surface area (Å²) in [6.45, 7) is 9.95. The number of likely N-dealkylation sites (tertiary alicyclic amines) is 1. The third kappa shape index (κ3) is 2.76. The largest absolute Gasteiger partial charge is 0.375 e. The van der Waals surface area contributed by atoms with Crippen LogP contribution in [-0.2, 0) is 4.74 Å². The molecule has 0 aromatic carbocycles. The summed E-state index contributed by atoms with van der Waals surface area (Å²) in [5, 5.41) is 0. The molecule has 0 aliphatic carbocycles. The van der Waals surface area contributed by atoms with Gasteiger partial charge in [0.05, 0.1) is 5.60 Å². The number of hydrogen-bond donors (Lipinski definition) is 1. The second kappa shape index (κ2) is 4.63. The zero-order valence-electron chi connectivity index (χ0n) is 10.9. The summed E-state index contributed by atoms with van der Waals surface area (Å²) in [7, 11) is 0. The van der Waals surface area contributed by atoms with E-state index in [1.807, 2.05) is 0 Å². The lowest BCUT2D eigenvalue weighted by molar-refractivity contribution is -0.0882. The normalized spacial score (nSPS) is 40.9. The van der Waals surface area contributed by atoms with Crippen LogP contribution in [0.4, 0.5) is 0 Å². The number of ether oxygens (including phenoxy) is 1. The van der Waals surface area contributed by atoms with Gasteiger partial charge >= 0.3 is 0 Å². The first kappa shape index (κ1) is 12.3. The predicted octanol–water partition coefficient (Wildman–Crippen LogP) is 1.61. The van der Waals surface area contributed by atoms with Gasteiger partial charge < -0.3 is 10.5 Å². The van der Waals surface area contributed by atoms with Crippen LogP contribution >= 0.6 is 0 Å². The molecule has 0 spiro atoms. The predicted molar refractivity (Wildman–Crippen MR) is 66.4 cm³/mol. The fourth-order valence-corrected chi connectivity index (χ4v) is 3.04. The minimum atomic E-state index is 0.0612. The molecule has 3 heteroatoms. The van der Waals surface area contributed by atoms with Crippen LogP contribution in [0.5, 0.6) is 0 Å². The molecule has 0 amide bonds. The maximum absolute atomic E-state index is 6.07. The standard InChI is InChI=1S/C13H26N2O/c1-10-9-15(6-4-12(10)14)11-5-7-16-13(2,3)8-11/h10-12H,4-9,14H2,1-3H3. The molecule has 0 saturated carbocycles. The molecule has 2 N–H and O–H groups in total. The fraction of sp³-hybridized carbons (Fsp3) is 1.00. The van der Waals surface area contributed by atoms with Crippen molar-refractivity contribution in [1.82, 2.24) is 4.90 Å². The monoisotopic (exact) mass is 226 g/mol.